The van der Waals surface area contributed by atoms with Crippen LogP contribution in [0.3, 0.4) is 0 Å². The van der Waals surface area contributed by atoms with Crippen LogP contribution in [-0.2, 0) is 11.3 Å². The van der Waals surface area contributed by atoms with Crippen molar-refractivity contribution in [1.82, 2.24) is 10.6 Å². The molecule has 0 spiro atoms. The number of carbonyl (C=O) groups excluding carboxylic acids is 1. The third-order valence-electron chi connectivity index (χ3n) is 2.72. The quantitative estimate of drug-likeness (QED) is 0.869. The van der Waals surface area contributed by atoms with Crippen LogP contribution in [0, 0.1) is 0 Å². The van der Waals surface area contributed by atoms with Crippen LogP contribution < -0.4 is 20.1 Å². The number of benzene rings is 1. The Kier molecular flexibility index (Phi) is 5.09. The average Bonchev–Trinajstić information content (AvgIpc) is 2.38. The summed E-state index contributed by atoms with van der Waals surface area (Å²) in [6.07, 6.45) is 0. The van der Waals surface area contributed by atoms with Gasteiger partial charge < -0.3 is 20.1 Å². The van der Waals surface area contributed by atoms with Crippen LogP contribution in [0.1, 0.15) is 19.4 Å². The maximum absolute atomic E-state index is 11.5. The summed E-state index contributed by atoms with van der Waals surface area (Å²) in [5.41, 5.74) is 0.955. The van der Waals surface area contributed by atoms with Gasteiger partial charge in [-0.25, -0.2) is 0 Å². The third-order valence-corrected chi connectivity index (χ3v) is 3.00. The number of hydrogen-bond acceptors (Lipinski definition) is 4. The van der Waals surface area contributed by atoms with E-state index in [1.807, 2.05) is 26.0 Å². The predicted octanol–water partition coefficient (Wildman–Crippen LogP) is 1.73. The molecule has 0 saturated carbocycles. The van der Waals surface area contributed by atoms with Crippen molar-refractivity contribution in [2.75, 3.05) is 19.8 Å². The second-order valence-corrected chi connectivity index (χ2v) is 5.33. The molecule has 6 heteroatoms. The fourth-order valence-corrected chi connectivity index (χ4v) is 2.25. The van der Waals surface area contributed by atoms with Crippen LogP contribution in [0.2, 0.25) is 5.02 Å². The van der Waals surface area contributed by atoms with E-state index in [4.69, 9.17) is 21.1 Å². The molecule has 0 unspecified atom stereocenters. The van der Waals surface area contributed by atoms with Crippen molar-refractivity contribution < 1.29 is 14.3 Å². The average molecular weight is 299 g/mol. The zero-order chi connectivity index (χ0) is 14.5. The van der Waals surface area contributed by atoms with Crippen molar-refractivity contribution >= 4 is 17.5 Å². The molecule has 1 aliphatic rings. The molecule has 0 bridgehead atoms. The van der Waals surface area contributed by atoms with Crippen LogP contribution in [-0.4, -0.2) is 31.7 Å². The first-order valence-electron chi connectivity index (χ1n) is 6.64. The number of nitrogens with one attached hydrogen (secondary N) is 2. The van der Waals surface area contributed by atoms with E-state index in [2.05, 4.69) is 10.6 Å². The van der Waals surface area contributed by atoms with Crippen molar-refractivity contribution in [3.63, 3.8) is 0 Å². The highest BCUT2D eigenvalue weighted by atomic mass is 35.5. The maximum atomic E-state index is 11.5. The molecule has 2 rings (SSSR count). The lowest BCUT2D eigenvalue weighted by molar-refractivity contribution is -0.120. The molecule has 1 aromatic carbocycles. The van der Waals surface area contributed by atoms with Gasteiger partial charge in [-0.3, -0.25) is 4.79 Å². The van der Waals surface area contributed by atoms with Gasteiger partial charge >= 0.3 is 0 Å². The summed E-state index contributed by atoms with van der Waals surface area (Å²) in [7, 11) is 0. The largest absolute Gasteiger partial charge is 0.486 e. The fourth-order valence-electron chi connectivity index (χ4n) is 1.96. The molecule has 1 heterocycles. The number of carbonyl (C=O) groups is 1. The van der Waals surface area contributed by atoms with Gasteiger partial charge in [0.25, 0.3) is 0 Å². The molecule has 1 aliphatic heterocycles. The van der Waals surface area contributed by atoms with Crippen LogP contribution in [0.4, 0.5) is 0 Å². The zero-order valence-electron chi connectivity index (χ0n) is 11.7. The summed E-state index contributed by atoms with van der Waals surface area (Å²) >= 11 is 6.15. The SMILES string of the molecule is CC(C)NC(=O)CNCc1cc(Cl)c2c(c1)OCCO2. The molecule has 1 amide bonds. The number of rotatable bonds is 5. The van der Waals surface area contributed by atoms with E-state index in [0.717, 1.165) is 5.56 Å². The molecule has 20 heavy (non-hydrogen) atoms. The Hall–Kier alpha value is -1.46. The molecular weight excluding hydrogens is 280 g/mol. The number of halogens is 1. The number of amides is 1. The number of ether oxygens (including phenoxy) is 2. The Morgan fingerprint density at radius 2 is 2.10 bits per heavy atom. The molecule has 0 saturated heterocycles. The minimum absolute atomic E-state index is 0.0244. The predicted molar refractivity (Wildman–Crippen MR) is 77.4 cm³/mol. The molecule has 0 aliphatic carbocycles. The topological polar surface area (TPSA) is 59.6 Å². The summed E-state index contributed by atoms with van der Waals surface area (Å²) in [6.45, 7) is 5.71. The molecular formula is C14H19ClN2O3. The minimum Gasteiger partial charge on any atom is -0.486 e. The van der Waals surface area contributed by atoms with Crippen molar-refractivity contribution in [2.45, 2.75) is 26.4 Å². The Bertz CT molecular complexity index is 492. The highest BCUT2D eigenvalue weighted by Gasteiger charge is 2.16. The lowest BCUT2D eigenvalue weighted by Crippen LogP contribution is -2.37. The molecule has 0 atom stereocenters. The lowest BCUT2D eigenvalue weighted by atomic mass is 10.2. The second-order valence-electron chi connectivity index (χ2n) is 4.93. The highest BCUT2D eigenvalue weighted by Crippen LogP contribution is 2.38. The first kappa shape index (κ1) is 14.9. The van der Waals surface area contributed by atoms with E-state index in [1.54, 1.807) is 0 Å². The van der Waals surface area contributed by atoms with Gasteiger partial charge in [0.15, 0.2) is 11.5 Å². The van der Waals surface area contributed by atoms with Gasteiger partial charge in [-0.05, 0) is 31.5 Å². The highest BCUT2D eigenvalue weighted by molar-refractivity contribution is 6.32. The standard InChI is InChI=1S/C14H19ClN2O3/c1-9(2)17-13(18)8-16-7-10-5-11(15)14-12(6-10)19-3-4-20-14/h5-6,9,16H,3-4,7-8H2,1-2H3,(H,17,18). The second kappa shape index (κ2) is 6.81. The van der Waals surface area contributed by atoms with E-state index in [9.17, 15) is 4.79 Å². The van der Waals surface area contributed by atoms with Crippen molar-refractivity contribution in [3.05, 3.63) is 22.7 Å². The van der Waals surface area contributed by atoms with E-state index in [1.165, 1.54) is 0 Å². The van der Waals surface area contributed by atoms with Gasteiger partial charge in [0.1, 0.15) is 13.2 Å². The Morgan fingerprint density at radius 1 is 1.35 bits per heavy atom. The van der Waals surface area contributed by atoms with Crippen LogP contribution in [0.15, 0.2) is 12.1 Å². The lowest BCUT2D eigenvalue weighted by Gasteiger charge is -2.20. The summed E-state index contributed by atoms with van der Waals surface area (Å²) < 4.78 is 11.0. The summed E-state index contributed by atoms with van der Waals surface area (Å²) in [5.74, 6) is 1.23. The number of fused-ring (bicyclic) bond motifs is 1. The third kappa shape index (κ3) is 4.02. The maximum Gasteiger partial charge on any atom is 0.234 e. The minimum atomic E-state index is -0.0244. The molecule has 0 aromatic heterocycles. The first-order chi connectivity index (χ1) is 9.56. The molecule has 5 nitrogen and oxygen atoms in total. The monoisotopic (exact) mass is 298 g/mol. The van der Waals surface area contributed by atoms with Crippen LogP contribution >= 0.6 is 11.6 Å². The fraction of sp³-hybridized carbons (Fsp3) is 0.500. The summed E-state index contributed by atoms with van der Waals surface area (Å²) in [4.78, 5) is 11.5. The van der Waals surface area contributed by atoms with Crippen molar-refractivity contribution in [2.24, 2.45) is 0 Å². The normalized spacial score (nSPS) is 13.4. The van der Waals surface area contributed by atoms with E-state index < -0.39 is 0 Å². The van der Waals surface area contributed by atoms with Gasteiger partial charge in [-0.1, -0.05) is 11.6 Å². The number of hydrogen-bond donors (Lipinski definition) is 2. The van der Waals surface area contributed by atoms with Crippen molar-refractivity contribution in [3.8, 4) is 11.5 Å². The molecule has 2 N–H and O–H groups in total. The van der Waals surface area contributed by atoms with Gasteiger partial charge in [0, 0.05) is 12.6 Å². The van der Waals surface area contributed by atoms with Crippen LogP contribution in [0.5, 0.6) is 11.5 Å². The summed E-state index contributed by atoms with van der Waals surface area (Å²) in [6, 6.07) is 3.85. The molecule has 110 valence electrons. The first-order valence-corrected chi connectivity index (χ1v) is 7.02. The van der Waals surface area contributed by atoms with E-state index in [-0.39, 0.29) is 18.5 Å². The smallest absolute Gasteiger partial charge is 0.234 e. The summed E-state index contributed by atoms with van der Waals surface area (Å²) in [5, 5.41) is 6.42. The zero-order valence-corrected chi connectivity index (χ0v) is 12.4. The Balaban J connectivity index is 1.90. The van der Waals surface area contributed by atoms with Gasteiger partial charge in [0.2, 0.25) is 5.91 Å². The molecule has 1 aromatic rings. The molecule has 0 radical (unpaired) electrons. The van der Waals surface area contributed by atoms with Gasteiger partial charge in [0.05, 0.1) is 11.6 Å². The van der Waals surface area contributed by atoms with Gasteiger partial charge in [-0.15, -0.1) is 0 Å². The Morgan fingerprint density at radius 3 is 2.85 bits per heavy atom. The van der Waals surface area contributed by atoms with E-state index in [0.29, 0.717) is 36.3 Å². The Labute approximate surface area is 123 Å². The van der Waals surface area contributed by atoms with E-state index >= 15 is 0 Å². The van der Waals surface area contributed by atoms with Crippen molar-refractivity contribution in [1.29, 1.82) is 0 Å². The van der Waals surface area contributed by atoms with Gasteiger partial charge in [-0.2, -0.15) is 0 Å². The van der Waals surface area contributed by atoms with Crippen LogP contribution in [0.25, 0.3) is 0 Å². The molecule has 0 fully saturated rings.